The minimum absolute atomic E-state index is 0.0177. The van der Waals surface area contributed by atoms with Gasteiger partial charge in [-0.25, -0.2) is 4.98 Å². The Morgan fingerprint density at radius 1 is 1.35 bits per heavy atom. The number of hydrogen-bond acceptors (Lipinski definition) is 7. The number of hydrogen-bond donors (Lipinski definition) is 1. The number of carbonyl (C=O) groups is 2. The zero-order valence-electron chi connectivity index (χ0n) is 14.2. The predicted octanol–water partition coefficient (Wildman–Crippen LogP) is 1.36. The van der Waals surface area contributed by atoms with Crippen LogP contribution in [0, 0.1) is 0 Å². The number of thiazole rings is 1. The molecule has 2 saturated heterocycles. The van der Waals surface area contributed by atoms with E-state index in [1.807, 2.05) is 0 Å². The lowest BCUT2D eigenvalue weighted by atomic mass is 10.1. The van der Waals surface area contributed by atoms with Crippen LogP contribution in [0.25, 0.3) is 6.08 Å². The van der Waals surface area contributed by atoms with Crippen LogP contribution in [0.1, 0.15) is 4.88 Å². The van der Waals surface area contributed by atoms with Crippen LogP contribution in [0.2, 0.25) is 5.15 Å². The first-order valence-corrected chi connectivity index (χ1v) is 9.60. The Labute approximate surface area is 165 Å². The van der Waals surface area contributed by atoms with Gasteiger partial charge < -0.3 is 9.80 Å². The van der Waals surface area contributed by atoms with E-state index in [1.165, 1.54) is 22.3 Å². The summed E-state index contributed by atoms with van der Waals surface area (Å²) in [5.74, 6) is -1.00. The van der Waals surface area contributed by atoms with Crippen LogP contribution in [0.5, 0.6) is 0 Å². The summed E-state index contributed by atoms with van der Waals surface area (Å²) in [5.41, 5.74) is -0.0177. The summed E-state index contributed by atoms with van der Waals surface area (Å²) in [4.78, 5) is 35.4. The quantitative estimate of drug-likeness (QED) is 0.349. The molecule has 0 saturated carbocycles. The maximum Gasteiger partial charge on any atom is 0.265 e. The fourth-order valence-corrected chi connectivity index (χ4v) is 4.15. The minimum atomic E-state index is -0.536. The van der Waals surface area contributed by atoms with Crippen LogP contribution < -0.4 is 10.2 Å². The molecule has 1 aromatic rings. The zero-order chi connectivity index (χ0) is 18.8. The van der Waals surface area contributed by atoms with Crippen molar-refractivity contribution in [3.63, 3.8) is 0 Å². The van der Waals surface area contributed by atoms with Gasteiger partial charge >= 0.3 is 0 Å². The van der Waals surface area contributed by atoms with Crippen molar-refractivity contribution in [1.82, 2.24) is 20.1 Å². The molecule has 2 fully saturated rings. The lowest BCUT2D eigenvalue weighted by Crippen LogP contribution is -2.53. The summed E-state index contributed by atoms with van der Waals surface area (Å²) in [5, 5.41) is 3.66. The number of carbonyl (C=O) groups excluding carboxylic acids is 2. The number of nitrogens with zero attached hydrogens (tertiary/aromatic N) is 4. The molecule has 10 heteroatoms. The maximum absolute atomic E-state index is 12.6. The molecule has 0 radical (unpaired) electrons. The van der Waals surface area contributed by atoms with Gasteiger partial charge in [0.05, 0.1) is 4.88 Å². The summed E-state index contributed by atoms with van der Waals surface area (Å²) in [6.07, 6.45) is 3.03. The predicted molar refractivity (Wildman–Crippen MR) is 107 cm³/mol. The van der Waals surface area contributed by atoms with Crippen molar-refractivity contribution in [3.05, 3.63) is 28.3 Å². The first-order chi connectivity index (χ1) is 12.4. The highest BCUT2D eigenvalue weighted by molar-refractivity contribution is 7.80. The summed E-state index contributed by atoms with van der Waals surface area (Å²) >= 11 is 12.7. The van der Waals surface area contributed by atoms with Gasteiger partial charge in [-0.3, -0.25) is 19.8 Å². The van der Waals surface area contributed by atoms with Gasteiger partial charge in [-0.1, -0.05) is 29.0 Å². The third kappa shape index (κ3) is 3.80. The smallest absolute Gasteiger partial charge is 0.265 e. The third-order valence-electron chi connectivity index (χ3n) is 4.15. The van der Waals surface area contributed by atoms with E-state index in [1.54, 1.807) is 6.08 Å². The first kappa shape index (κ1) is 19.0. The van der Waals surface area contributed by atoms with Crippen molar-refractivity contribution in [2.24, 2.45) is 0 Å². The summed E-state index contributed by atoms with van der Waals surface area (Å²) < 4.78 is 0. The highest BCUT2D eigenvalue weighted by atomic mass is 35.5. The molecule has 0 bridgehead atoms. The van der Waals surface area contributed by atoms with E-state index in [9.17, 15) is 9.59 Å². The molecule has 0 aliphatic carbocycles. The van der Waals surface area contributed by atoms with Gasteiger partial charge in [0.25, 0.3) is 11.8 Å². The van der Waals surface area contributed by atoms with E-state index in [-0.39, 0.29) is 22.4 Å². The number of likely N-dealkylation sites (N-methyl/N-ethyl adjacent to an activating group) is 1. The average Bonchev–Trinajstić information content (AvgIpc) is 2.96. The fraction of sp³-hybridized carbons (Fsp3) is 0.375. The standard InChI is InChI=1S/C16H18ClN5O2S2/c1-3-4-22-14(24)10(13(23)19-15(22)25)9-11-12(17)18-16(26-11)21-7-5-20(2)6-8-21/h3,9H,1,4-8H2,2H3,(H,19,23,25). The Morgan fingerprint density at radius 2 is 2.04 bits per heavy atom. The molecule has 3 heterocycles. The molecule has 1 aromatic heterocycles. The molecule has 0 unspecified atom stereocenters. The van der Waals surface area contributed by atoms with Gasteiger partial charge in [-0.2, -0.15) is 0 Å². The molecule has 2 aliphatic heterocycles. The normalized spacial score (nSPS) is 20.7. The van der Waals surface area contributed by atoms with E-state index in [2.05, 4.69) is 33.7 Å². The molecule has 138 valence electrons. The highest BCUT2D eigenvalue weighted by Gasteiger charge is 2.33. The van der Waals surface area contributed by atoms with Crippen molar-refractivity contribution in [1.29, 1.82) is 0 Å². The monoisotopic (exact) mass is 411 g/mol. The van der Waals surface area contributed by atoms with E-state index in [4.69, 9.17) is 23.8 Å². The fourth-order valence-electron chi connectivity index (χ4n) is 2.64. The van der Waals surface area contributed by atoms with Crippen molar-refractivity contribution in [2.45, 2.75) is 0 Å². The Kier molecular flexibility index (Phi) is 5.71. The molecule has 3 rings (SSSR count). The number of anilines is 1. The molecule has 2 aliphatic rings. The summed E-state index contributed by atoms with van der Waals surface area (Å²) in [6, 6.07) is 0. The van der Waals surface area contributed by atoms with Gasteiger partial charge in [0.15, 0.2) is 10.2 Å². The molecular formula is C16H18ClN5O2S2. The zero-order valence-corrected chi connectivity index (χ0v) is 16.6. The molecular weight excluding hydrogens is 394 g/mol. The molecule has 0 atom stereocenters. The number of rotatable bonds is 4. The number of nitrogens with one attached hydrogen (secondary N) is 1. The van der Waals surface area contributed by atoms with E-state index < -0.39 is 11.8 Å². The van der Waals surface area contributed by atoms with Crippen LogP contribution in [0.3, 0.4) is 0 Å². The highest BCUT2D eigenvalue weighted by Crippen LogP contribution is 2.32. The molecule has 2 amide bonds. The number of aromatic nitrogens is 1. The van der Waals surface area contributed by atoms with Crippen LogP contribution in [0.4, 0.5) is 5.13 Å². The summed E-state index contributed by atoms with van der Waals surface area (Å²) in [6.45, 7) is 7.43. The molecule has 7 nitrogen and oxygen atoms in total. The second-order valence-electron chi connectivity index (χ2n) is 5.96. The van der Waals surface area contributed by atoms with E-state index >= 15 is 0 Å². The number of piperazine rings is 1. The van der Waals surface area contributed by atoms with E-state index in [0.717, 1.165) is 31.3 Å². The topological polar surface area (TPSA) is 68.8 Å². The second-order valence-corrected chi connectivity index (χ2v) is 7.72. The van der Waals surface area contributed by atoms with Crippen molar-refractivity contribution < 1.29 is 9.59 Å². The Hall–Kier alpha value is -1.81. The maximum atomic E-state index is 12.6. The van der Waals surface area contributed by atoms with Gasteiger partial charge in [0.2, 0.25) is 0 Å². The Morgan fingerprint density at radius 3 is 2.69 bits per heavy atom. The van der Waals surface area contributed by atoms with Gasteiger partial charge in [0.1, 0.15) is 10.7 Å². The van der Waals surface area contributed by atoms with Gasteiger partial charge in [-0.05, 0) is 25.3 Å². The van der Waals surface area contributed by atoms with Crippen molar-refractivity contribution in [2.75, 3.05) is 44.7 Å². The third-order valence-corrected chi connectivity index (χ3v) is 5.93. The van der Waals surface area contributed by atoms with Crippen LogP contribution in [-0.2, 0) is 9.59 Å². The SMILES string of the molecule is C=CCN1C(=O)C(=Cc2sc(N3CCN(C)CC3)nc2Cl)C(=O)NC1=S. The average molecular weight is 412 g/mol. The lowest BCUT2D eigenvalue weighted by Gasteiger charge is -2.32. The first-order valence-electron chi connectivity index (χ1n) is 8.00. The molecule has 0 aromatic carbocycles. The molecule has 1 N–H and O–H groups in total. The van der Waals surface area contributed by atoms with Gasteiger partial charge in [0, 0.05) is 32.7 Å². The minimum Gasteiger partial charge on any atom is -0.345 e. The lowest BCUT2D eigenvalue weighted by molar-refractivity contribution is -0.128. The van der Waals surface area contributed by atoms with Gasteiger partial charge in [-0.15, -0.1) is 6.58 Å². The molecule has 26 heavy (non-hydrogen) atoms. The Balaban J connectivity index is 1.86. The van der Waals surface area contributed by atoms with Crippen molar-refractivity contribution >= 4 is 63.3 Å². The van der Waals surface area contributed by atoms with Crippen LogP contribution >= 0.6 is 35.2 Å². The largest absolute Gasteiger partial charge is 0.345 e. The molecule has 0 spiro atoms. The van der Waals surface area contributed by atoms with Crippen LogP contribution in [0.15, 0.2) is 18.2 Å². The number of amides is 2. The summed E-state index contributed by atoms with van der Waals surface area (Å²) in [7, 11) is 2.08. The number of thiocarbonyl (C=S) groups is 1. The van der Waals surface area contributed by atoms with Crippen molar-refractivity contribution in [3.8, 4) is 0 Å². The number of halogens is 1. The second kappa shape index (κ2) is 7.83. The van der Waals surface area contributed by atoms with Crippen LogP contribution in [-0.4, -0.2) is 71.5 Å². The van der Waals surface area contributed by atoms with E-state index in [0.29, 0.717) is 4.88 Å². The Bertz CT molecular complexity index is 799.